The fraction of sp³-hybridized carbons (Fsp3) is 0.643. The van der Waals surface area contributed by atoms with Gasteiger partial charge in [0.1, 0.15) is 11.7 Å². The van der Waals surface area contributed by atoms with E-state index in [-0.39, 0.29) is 30.0 Å². The van der Waals surface area contributed by atoms with Crippen LogP contribution >= 0.6 is 0 Å². The molecule has 0 radical (unpaired) electrons. The maximum Gasteiger partial charge on any atom is 0.337 e. The number of carbonyl (C=O) groups is 3. The van der Waals surface area contributed by atoms with Crippen molar-refractivity contribution in [3.8, 4) is 0 Å². The first kappa shape index (κ1) is 15.4. The van der Waals surface area contributed by atoms with Crippen LogP contribution in [0.15, 0.2) is 11.3 Å². The van der Waals surface area contributed by atoms with E-state index in [1.165, 1.54) is 7.11 Å². The molecule has 1 atom stereocenters. The van der Waals surface area contributed by atoms with Gasteiger partial charge < -0.3 is 9.84 Å². The Kier molecular flexibility index (Phi) is 4.50. The van der Waals surface area contributed by atoms with Crippen molar-refractivity contribution in [1.29, 1.82) is 0 Å². The van der Waals surface area contributed by atoms with Crippen molar-refractivity contribution in [1.82, 2.24) is 0 Å². The Morgan fingerprint density at radius 1 is 1.42 bits per heavy atom. The lowest BCUT2D eigenvalue weighted by molar-refractivity contribution is -0.139. The molecule has 106 valence electrons. The summed E-state index contributed by atoms with van der Waals surface area (Å²) in [4.78, 5) is 35.7. The second-order valence-corrected chi connectivity index (χ2v) is 5.43. The number of ether oxygens (including phenoxy) is 1. The molecule has 0 aromatic carbocycles. The molecule has 0 aliphatic heterocycles. The zero-order valence-electron chi connectivity index (χ0n) is 11.8. The number of aliphatic hydroxyl groups is 1. The van der Waals surface area contributed by atoms with Crippen molar-refractivity contribution < 1.29 is 24.2 Å². The van der Waals surface area contributed by atoms with Gasteiger partial charge in [-0.25, -0.2) is 4.79 Å². The van der Waals surface area contributed by atoms with Crippen molar-refractivity contribution in [3.05, 3.63) is 11.3 Å². The van der Waals surface area contributed by atoms with Crippen molar-refractivity contribution >= 4 is 17.5 Å². The lowest BCUT2D eigenvalue weighted by atomic mass is 9.69. The summed E-state index contributed by atoms with van der Waals surface area (Å²) in [7, 11) is 1.21. The van der Waals surface area contributed by atoms with Gasteiger partial charge >= 0.3 is 5.97 Å². The molecule has 0 aromatic heterocycles. The van der Waals surface area contributed by atoms with Crippen LogP contribution in [-0.2, 0) is 19.1 Å². The van der Waals surface area contributed by atoms with E-state index >= 15 is 0 Å². The summed E-state index contributed by atoms with van der Waals surface area (Å²) in [5, 5.41) is 10.2. The number of methoxy groups -OCH3 is 1. The van der Waals surface area contributed by atoms with Gasteiger partial charge in [-0.1, -0.05) is 20.8 Å². The van der Waals surface area contributed by atoms with Crippen LogP contribution in [0.25, 0.3) is 0 Å². The number of hydrogen-bond donors (Lipinski definition) is 1. The average molecular weight is 268 g/mol. The van der Waals surface area contributed by atoms with Gasteiger partial charge in [0.2, 0.25) is 0 Å². The van der Waals surface area contributed by atoms with Crippen LogP contribution in [0, 0.1) is 11.3 Å². The SMILES string of the molecule is CCCC(=O)[C@H]1C(=O)CC(C)(C)C(C(=O)OC)=C1O. The van der Waals surface area contributed by atoms with Crippen molar-refractivity contribution in [2.75, 3.05) is 7.11 Å². The Balaban J connectivity index is 3.31. The van der Waals surface area contributed by atoms with Crippen molar-refractivity contribution in [2.45, 2.75) is 40.0 Å². The molecule has 0 unspecified atom stereocenters. The molecule has 0 amide bonds. The Hall–Kier alpha value is -1.65. The Bertz CT molecular complexity index is 445. The molecule has 0 fully saturated rings. The molecule has 0 spiro atoms. The smallest absolute Gasteiger partial charge is 0.337 e. The Morgan fingerprint density at radius 2 is 2.00 bits per heavy atom. The van der Waals surface area contributed by atoms with Crippen LogP contribution in [0.4, 0.5) is 0 Å². The fourth-order valence-electron chi connectivity index (χ4n) is 2.48. The van der Waals surface area contributed by atoms with Gasteiger partial charge in [-0.3, -0.25) is 9.59 Å². The molecule has 1 aliphatic carbocycles. The summed E-state index contributed by atoms with van der Waals surface area (Å²) in [6.07, 6.45) is 0.837. The van der Waals surface area contributed by atoms with Gasteiger partial charge in [0, 0.05) is 18.3 Å². The second kappa shape index (κ2) is 5.55. The van der Waals surface area contributed by atoms with Gasteiger partial charge in [-0.2, -0.15) is 0 Å². The summed E-state index contributed by atoms with van der Waals surface area (Å²) in [5.74, 6) is -3.02. The quantitative estimate of drug-likeness (QED) is 0.622. The van der Waals surface area contributed by atoms with E-state index in [0.717, 1.165) is 0 Å². The van der Waals surface area contributed by atoms with Crippen LogP contribution in [-0.4, -0.2) is 29.8 Å². The highest BCUT2D eigenvalue weighted by Gasteiger charge is 2.46. The van der Waals surface area contributed by atoms with E-state index in [0.29, 0.717) is 6.42 Å². The third-order valence-corrected chi connectivity index (χ3v) is 3.35. The van der Waals surface area contributed by atoms with Crippen LogP contribution in [0.1, 0.15) is 40.0 Å². The summed E-state index contributed by atoms with van der Waals surface area (Å²) in [5.41, 5.74) is -0.791. The fourth-order valence-corrected chi connectivity index (χ4v) is 2.48. The Morgan fingerprint density at radius 3 is 2.47 bits per heavy atom. The molecular formula is C14H20O5. The molecule has 1 N–H and O–H groups in total. The number of esters is 1. The third kappa shape index (κ3) is 2.85. The Labute approximate surface area is 112 Å². The highest BCUT2D eigenvalue weighted by Crippen LogP contribution is 2.41. The number of aliphatic hydroxyl groups excluding tert-OH is 1. The minimum atomic E-state index is -1.21. The third-order valence-electron chi connectivity index (χ3n) is 3.35. The molecular weight excluding hydrogens is 248 g/mol. The molecule has 5 heteroatoms. The minimum Gasteiger partial charge on any atom is -0.510 e. The summed E-state index contributed by atoms with van der Waals surface area (Å²) in [6, 6.07) is 0. The average Bonchev–Trinajstić information content (AvgIpc) is 2.26. The second-order valence-electron chi connectivity index (χ2n) is 5.43. The number of Topliss-reactive ketones (excluding diaryl/α,β-unsaturated/α-hetero) is 2. The maximum absolute atomic E-state index is 12.0. The molecule has 0 heterocycles. The van der Waals surface area contributed by atoms with Crippen LogP contribution in [0.2, 0.25) is 0 Å². The molecule has 0 bridgehead atoms. The molecule has 1 rings (SSSR count). The minimum absolute atomic E-state index is 0.0315. The first-order valence-corrected chi connectivity index (χ1v) is 6.33. The summed E-state index contributed by atoms with van der Waals surface area (Å²) in [6.45, 7) is 5.17. The molecule has 5 nitrogen and oxygen atoms in total. The monoisotopic (exact) mass is 268 g/mol. The van der Waals surface area contributed by atoms with Crippen LogP contribution in [0.3, 0.4) is 0 Å². The lowest BCUT2D eigenvalue weighted by Crippen LogP contribution is -2.40. The molecule has 0 saturated heterocycles. The van der Waals surface area contributed by atoms with E-state index in [4.69, 9.17) is 0 Å². The zero-order valence-corrected chi connectivity index (χ0v) is 11.8. The standard InChI is InChI=1S/C14H20O5/c1-5-6-8(15)10-9(16)7-14(2,3)11(12(10)17)13(18)19-4/h10,17H,5-7H2,1-4H3/t10-/m0/s1. The highest BCUT2D eigenvalue weighted by atomic mass is 16.5. The maximum atomic E-state index is 12.0. The highest BCUT2D eigenvalue weighted by molar-refractivity contribution is 6.08. The van der Waals surface area contributed by atoms with Gasteiger partial charge in [0.05, 0.1) is 12.7 Å². The topological polar surface area (TPSA) is 80.7 Å². The number of hydrogen-bond acceptors (Lipinski definition) is 5. The van der Waals surface area contributed by atoms with E-state index < -0.39 is 23.1 Å². The van der Waals surface area contributed by atoms with Gasteiger partial charge in [0.25, 0.3) is 0 Å². The van der Waals surface area contributed by atoms with Gasteiger partial charge in [-0.05, 0) is 6.42 Å². The number of rotatable bonds is 4. The molecule has 1 aliphatic rings. The number of allylic oxidation sites excluding steroid dienone is 1. The molecule has 0 saturated carbocycles. The van der Waals surface area contributed by atoms with Gasteiger partial charge in [0.15, 0.2) is 11.6 Å². The lowest BCUT2D eigenvalue weighted by Gasteiger charge is -2.33. The van der Waals surface area contributed by atoms with E-state index in [1.807, 2.05) is 6.92 Å². The van der Waals surface area contributed by atoms with Crippen LogP contribution < -0.4 is 0 Å². The molecule has 0 aromatic rings. The normalized spacial score (nSPS) is 22.3. The first-order valence-electron chi connectivity index (χ1n) is 6.33. The van der Waals surface area contributed by atoms with E-state index in [2.05, 4.69) is 4.74 Å². The summed E-state index contributed by atoms with van der Waals surface area (Å²) >= 11 is 0. The summed E-state index contributed by atoms with van der Waals surface area (Å²) < 4.78 is 4.64. The zero-order chi connectivity index (χ0) is 14.8. The van der Waals surface area contributed by atoms with Gasteiger partial charge in [-0.15, -0.1) is 0 Å². The first-order chi connectivity index (χ1) is 8.76. The van der Waals surface area contributed by atoms with Crippen molar-refractivity contribution in [2.24, 2.45) is 11.3 Å². The number of ketones is 2. The van der Waals surface area contributed by atoms with Crippen molar-refractivity contribution in [3.63, 3.8) is 0 Å². The predicted molar refractivity (Wildman–Crippen MR) is 68.5 cm³/mol. The van der Waals surface area contributed by atoms with E-state index in [9.17, 15) is 19.5 Å². The van der Waals surface area contributed by atoms with E-state index in [1.54, 1.807) is 13.8 Å². The molecule has 19 heavy (non-hydrogen) atoms. The predicted octanol–water partition coefficient (Wildman–Crippen LogP) is 1.96. The largest absolute Gasteiger partial charge is 0.510 e. The van der Waals surface area contributed by atoms with Crippen LogP contribution in [0.5, 0.6) is 0 Å². The number of carbonyl (C=O) groups excluding carboxylic acids is 3.